The standard InChI is InChI=1S/C13H6ClF3N2O2/c14-9-6-18-4-3-8(9)12-19-10-5-7(21-13(15,16)17)1-2-11(10)20-12/h1-6H. The zero-order valence-electron chi connectivity index (χ0n) is 10.2. The number of benzene rings is 1. The highest BCUT2D eigenvalue weighted by atomic mass is 35.5. The maximum absolute atomic E-state index is 12.2. The third-order valence-corrected chi connectivity index (χ3v) is 2.90. The summed E-state index contributed by atoms with van der Waals surface area (Å²) in [7, 11) is 0. The van der Waals surface area contributed by atoms with E-state index in [1.165, 1.54) is 18.5 Å². The van der Waals surface area contributed by atoms with Crippen molar-refractivity contribution in [2.24, 2.45) is 0 Å². The molecule has 0 amide bonds. The average molecular weight is 315 g/mol. The number of halogens is 4. The van der Waals surface area contributed by atoms with Crippen molar-refractivity contribution in [3.05, 3.63) is 41.7 Å². The summed E-state index contributed by atoms with van der Waals surface area (Å²) in [6.07, 6.45) is -1.83. The van der Waals surface area contributed by atoms with Crippen LogP contribution in [0.25, 0.3) is 22.6 Å². The Kier molecular flexibility index (Phi) is 3.21. The van der Waals surface area contributed by atoms with Crippen LogP contribution >= 0.6 is 11.6 Å². The molecule has 0 saturated heterocycles. The molecule has 8 heteroatoms. The third-order valence-electron chi connectivity index (χ3n) is 2.60. The van der Waals surface area contributed by atoms with Crippen molar-refractivity contribution in [3.8, 4) is 17.2 Å². The summed E-state index contributed by atoms with van der Waals surface area (Å²) in [5.41, 5.74) is 1.06. The monoisotopic (exact) mass is 314 g/mol. The van der Waals surface area contributed by atoms with E-state index in [1.54, 1.807) is 6.07 Å². The van der Waals surface area contributed by atoms with E-state index < -0.39 is 6.36 Å². The van der Waals surface area contributed by atoms with Crippen molar-refractivity contribution in [1.29, 1.82) is 0 Å². The van der Waals surface area contributed by atoms with E-state index in [1.807, 2.05) is 0 Å². The fraction of sp³-hybridized carbons (Fsp3) is 0.0769. The third kappa shape index (κ3) is 2.92. The molecule has 3 rings (SSSR count). The van der Waals surface area contributed by atoms with Crippen molar-refractivity contribution in [2.45, 2.75) is 6.36 Å². The van der Waals surface area contributed by atoms with Crippen LogP contribution in [0.15, 0.2) is 41.1 Å². The number of fused-ring (bicyclic) bond motifs is 1. The van der Waals surface area contributed by atoms with Gasteiger partial charge in [0.1, 0.15) is 11.3 Å². The van der Waals surface area contributed by atoms with Gasteiger partial charge in [-0.05, 0) is 18.2 Å². The van der Waals surface area contributed by atoms with Gasteiger partial charge in [-0.15, -0.1) is 13.2 Å². The smallest absolute Gasteiger partial charge is 0.436 e. The maximum Gasteiger partial charge on any atom is 0.573 e. The number of rotatable bonds is 2. The van der Waals surface area contributed by atoms with Gasteiger partial charge in [-0.2, -0.15) is 0 Å². The average Bonchev–Trinajstić information content (AvgIpc) is 2.80. The van der Waals surface area contributed by atoms with E-state index in [2.05, 4.69) is 14.7 Å². The Morgan fingerprint density at radius 3 is 2.71 bits per heavy atom. The van der Waals surface area contributed by atoms with Crippen LogP contribution in [-0.2, 0) is 0 Å². The lowest BCUT2D eigenvalue weighted by atomic mass is 10.3. The molecule has 3 aromatic rings. The van der Waals surface area contributed by atoms with Crippen molar-refractivity contribution in [3.63, 3.8) is 0 Å². The Bertz CT molecular complexity index is 801. The number of aromatic nitrogens is 2. The van der Waals surface area contributed by atoms with Gasteiger partial charge in [-0.25, -0.2) is 4.98 Å². The summed E-state index contributed by atoms with van der Waals surface area (Å²) in [5.74, 6) is -0.169. The predicted molar refractivity (Wildman–Crippen MR) is 68.9 cm³/mol. The van der Waals surface area contributed by atoms with E-state index in [-0.39, 0.29) is 17.2 Å². The fourth-order valence-electron chi connectivity index (χ4n) is 1.77. The highest BCUT2D eigenvalue weighted by molar-refractivity contribution is 6.33. The highest BCUT2D eigenvalue weighted by Crippen LogP contribution is 2.31. The quantitative estimate of drug-likeness (QED) is 0.701. The summed E-state index contributed by atoms with van der Waals surface area (Å²) in [5, 5.41) is 0.329. The molecule has 108 valence electrons. The molecule has 0 unspecified atom stereocenters. The number of ether oxygens (including phenoxy) is 1. The van der Waals surface area contributed by atoms with E-state index in [0.717, 1.165) is 12.1 Å². The van der Waals surface area contributed by atoms with Crippen LogP contribution in [-0.4, -0.2) is 16.3 Å². The lowest BCUT2D eigenvalue weighted by Gasteiger charge is -2.07. The van der Waals surface area contributed by atoms with Crippen LogP contribution < -0.4 is 4.74 Å². The van der Waals surface area contributed by atoms with Gasteiger partial charge < -0.3 is 9.15 Å². The molecular formula is C13H6ClF3N2O2. The van der Waals surface area contributed by atoms with Crippen molar-refractivity contribution >= 4 is 22.7 Å². The predicted octanol–water partition coefficient (Wildman–Crippen LogP) is 4.44. The van der Waals surface area contributed by atoms with E-state index >= 15 is 0 Å². The van der Waals surface area contributed by atoms with Crippen LogP contribution in [0, 0.1) is 0 Å². The van der Waals surface area contributed by atoms with Gasteiger partial charge in [0.2, 0.25) is 5.89 Å². The lowest BCUT2D eigenvalue weighted by molar-refractivity contribution is -0.274. The molecule has 4 nitrogen and oxygen atoms in total. The van der Waals surface area contributed by atoms with Crippen LogP contribution in [0.3, 0.4) is 0 Å². The molecule has 1 aromatic carbocycles. The Morgan fingerprint density at radius 1 is 1.19 bits per heavy atom. The second kappa shape index (κ2) is 4.92. The van der Waals surface area contributed by atoms with Crippen LogP contribution in [0.5, 0.6) is 5.75 Å². The zero-order valence-corrected chi connectivity index (χ0v) is 10.9. The maximum atomic E-state index is 12.2. The van der Waals surface area contributed by atoms with Crippen molar-refractivity contribution in [2.75, 3.05) is 0 Å². The van der Waals surface area contributed by atoms with Gasteiger partial charge in [0.05, 0.1) is 10.6 Å². The first-order valence-corrected chi connectivity index (χ1v) is 6.06. The molecule has 0 aliphatic rings. The number of hydrogen-bond donors (Lipinski definition) is 0. The number of nitrogens with zero attached hydrogens (tertiary/aromatic N) is 2. The first kappa shape index (κ1) is 13.7. The van der Waals surface area contributed by atoms with E-state index in [9.17, 15) is 13.2 Å². The van der Waals surface area contributed by atoms with Gasteiger partial charge >= 0.3 is 6.36 Å². The molecule has 0 saturated carbocycles. The Balaban J connectivity index is 2.03. The Labute approximate surface area is 121 Å². The highest BCUT2D eigenvalue weighted by Gasteiger charge is 2.31. The summed E-state index contributed by atoms with van der Waals surface area (Å²) in [4.78, 5) is 7.94. The van der Waals surface area contributed by atoms with Gasteiger partial charge in [-0.3, -0.25) is 4.98 Å². The molecule has 0 spiro atoms. The Hall–Kier alpha value is -2.28. The number of pyridine rings is 1. The van der Waals surface area contributed by atoms with Crippen LogP contribution in [0.4, 0.5) is 13.2 Å². The van der Waals surface area contributed by atoms with Crippen LogP contribution in [0.1, 0.15) is 0 Å². The summed E-state index contributed by atoms with van der Waals surface area (Å²) in [6, 6.07) is 5.24. The summed E-state index contributed by atoms with van der Waals surface area (Å²) >= 11 is 5.97. The molecule has 21 heavy (non-hydrogen) atoms. The number of alkyl halides is 3. The van der Waals surface area contributed by atoms with Crippen molar-refractivity contribution < 1.29 is 22.3 Å². The molecule has 0 atom stereocenters. The van der Waals surface area contributed by atoms with Crippen molar-refractivity contribution in [1.82, 2.24) is 9.97 Å². The van der Waals surface area contributed by atoms with Gasteiger partial charge in [-0.1, -0.05) is 11.6 Å². The normalized spacial score (nSPS) is 11.8. The number of oxazole rings is 1. The second-order valence-electron chi connectivity index (χ2n) is 4.05. The Morgan fingerprint density at radius 2 is 2.00 bits per heavy atom. The largest absolute Gasteiger partial charge is 0.573 e. The molecule has 0 bridgehead atoms. The minimum atomic E-state index is -4.76. The summed E-state index contributed by atoms with van der Waals surface area (Å²) in [6.45, 7) is 0. The lowest BCUT2D eigenvalue weighted by Crippen LogP contribution is -2.16. The van der Waals surface area contributed by atoms with E-state index in [0.29, 0.717) is 16.2 Å². The van der Waals surface area contributed by atoms with E-state index in [4.69, 9.17) is 16.0 Å². The zero-order chi connectivity index (χ0) is 15.0. The minimum absolute atomic E-state index is 0.196. The van der Waals surface area contributed by atoms with Gasteiger partial charge in [0.25, 0.3) is 0 Å². The fourth-order valence-corrected chi connectivity index (χ4v) is 1.97. The van der Waals surface area contributed by atoms with Gasteiger partial charge in [0.15, 0.2) is 5.58 Å². The molecule has 0 aliphatic heterocycles. The summed E-state index contributed by atoms with van der Waals surface area (Å²) < 4.78 is 45.8. The molecule has 2 heterocycles. The SMILES string of the molecule is FC(F)(F)Oc1ccc2oc(-c3ccncc3Cl)nc2c1. The van der Waals surface area contributed by atoms with Gasteiger partial charge in [0, 0.05) is 18.5 Å². The van der Waals surface area contributed by atoms with Crippen LogP contribution in [0.2, 0.25) is 5.02 Å². The molecule has 0 radical (unpaired) electrons. The first-order chi connectivity index (χ1) is 9.92. The topological polar surface area (TPSA) is 48.2 Å². The number of hydrogen-bond acceptors (Lipinski definition) is 4. The minimum Gasteiger partial charge on any atom is -0.436 e. The molecular weight excluding hydrogens is 309 g/mol. The molecule has 2 aromatic heterocycles. The molecule has 0 N–H and O–H groups in total. The first-order valence-electron chi connectivity index (χ1n) is 5.68. The second-order valence-corrected chi connectivity index (χ2v) is 4.46. The molecule has 0 aliphatic carbocycles. The molecule has 0 fully saturated rings.